The highest BCUT2D eigenvalue weighted by molar-refractivity contribution is 5.90. The molecule has 2 amide bonds. The maximum atomic E-state index is 10.8. The Hall–Kier alpha value is -1.20. The number of nitrogens with two attached hydrogens (primary N) is 1. The number of hydrazine groups is 1. The Morgan fingerprint density at radius 1 is 1.62 bits per heavy atom. The summed E-state index contributed by atoms with van der Waals surface area (Å²) in [6.07, 6.45) is 3.73. The molecule has 1 fully saturated rings. The first-order chi connectivity index (χ1) is 7.54. The summed E-state index contributed by atoms with van der Waals surface area (Å²) in [5.41, 5.74) is 2.58. The first-order valence-corrected chi connectivity index (χ1v) is 5.46. The molecule has 0 aromatic rings. The molecule has 0 aromatic carbocycles. The lowest BCUT2D eigenvalue weighted by atomic mass is 9.78. The second-order valence-electron chi connectivity index (χ2n) is 4.37. The van der Waals surface area contributed by atoms with E-state index in [1.54, 1.807) is 0 Å². The predicted octanol–water partition coefficient (Wildman–Crippen LogP) is 0.994. The van der Waals surface area contributed by atoms with E-state index in [-0.39, 0.29) is 12.0 Å². The molecule has 3 unspecified atom stereocenters. The molecule has 90 valence electrons. The molecule has 3 atom stereocenters. The van der Waals surface area contributed by atoms with Crippen LogP contribution in [0.4, 0.5) is 4.79 Å². The molecule has 5 nitrogen and oxygen atoms in total. The standard InChI is InChI=1S/C11H19N3O2/c1-7-3-4-9(10(15)5-7)8(2)6-13-11(16)14-12/h6-7,9-10,15H,2-5,12H2,1H3,(H,14,16)/b13-6+. The van der Waals surface area contributed by atoms with E-state index < -0.39 is 6.03 Å². The summed E-state index contributed by atoms with van der Waals surface area (Å²) in [5, 5.41) is 9.88. The molecule has 0 bridgehead atoms. The first kappa shape index (κ1) is 12.9. The van der Waals surface area contributed by atoms with Crippen LogP contribution < -0.4 is 11.3 Å². The summed E-state index contributed by atoms with van der Waals surface area (Å²) in [6.45, 7) is 5.95. The number of carbonyl (C=O) groups excluding carboxylic acids is 1. The Morgan fingerprint density at radius 3 is 2.88 bits per heavy atom. The number of aliphatic hydroxyl groups is 1. The van der Waals surface area contributed by atoms with Crippen LogP contribution in [0.1, 0.15) is 26.2 Å². The summed E-state index contributed by atoms with van der Waals surface area (Å²) in [5.74, 6) is 5.44. The zero-order valence-electron chi connectivity index (χ0n) is 9.52. The van der Waals surface area contributed by atoms with Crippen molar-refractivity contribution in [1.29, 1.82) is 0 Å². The number of aliphatic imine (C=N–C) groups is 1. The number of amides is 2. The molecule has 0 spiro atoms. The van der Waals surface area contributed by atoms with Gasteiger partial charge in [-0.25, -0.2) is 15.6 Å². The molecule has 1 rings (SSSR count). The minimum absolute atomic E-state index is 0.00512. The van der Waals surface area contributed by atoms with Gasteiger partial charge in [-0.1, -0.05) is 13.5 Å². The second kappa shape index (κ2) is 5.77. The van der Waals surface area contributed by atoms with Gasteiger partial charge in [-0.15, -0.1) is 0 Å². The topological polar surface area (TPSA) is 87.7 Å². The average Bonchev–Trinajstić information content (AvgIpc) is 2.25. The Bertz CT molecular complexity index is 302. The molecule has 16 heavy (non-hydrogen) atoms. The van der Waals surface area contributed by atoms with E-state index in [0.717, 1.165) is 19.3 Å². The molecule has 0 radical (unpaired) electrons. The molecule has 4 N–H and O–H groups in total. The van der Waals surface area contributed by atoms with Crippen LogP contribution in [0.25, 0.3) is 0 Å². The van der Waals surface area contributed by atoms with Crippen LogP contribution in [0.5, 0.6) is 0 Å². The van der Waals surface area contributed by atoms with Crippen molar-refractivity contribution in [3.63, 3.8) is 0 Å². The molecule has 0 aromatic heterocycles. The third-order valence-electron chi connectivity index (χ3n) is 3.03. The smallest absolute Gasteiger partial charge is 0.354 e. The van der Waals surface area contributed by atoms with E-state index in [4.69, 9.17) is 5.84 Å². The third kappa shape index (κ3) is 3.43. The number of carbonyl (C=O) groups is 1. The third-order valence-corrected chi connectivity index (χ3v) is 3.03. The highest BCUT2D eigenvalue weighted by Crippen LogP contribution is 2.32. The molecule has 0 heterocycles. The highest BCUT2D eigenvalue weighted by atomic mass is 16.3. The van der Waals surface area contributed by atoms with Crippen molar-refractivity contribution in [3.8, 4) is 0 Å². The van der Waals surface area contributed by atoms with Crippen LogP contribution in [0, 0.1) is 11.8 Å². The average molecular weight is 225 g/mol. The van der Waals surface area contributed by atoms with Gasteiger partial charge in [0.2, 0.25) is 0 Å². The number of urea groups is 1. The summed E-state index contributed by atoms with van der Waals surface area (Å²) in [6, 6.07) is -0.611. The summed E-state index contributed by atoms with van der Waals surface area (Å²) in [7, 11) is 0. The minimum Gasteiger partial charge on any atom is -0.392 e. The van der Waals surface area contributed by atoms with E-state index in [1.165, 1.54) is 6.21 Å². The second-order valence-corrected chi connectivity index (χ2v) is 4.37. The van der Waals surface area contributed by atoms with Crippen LogP contribution in [0.3, 0.4) is 0 Å². The van der Waals surface area contributed by atoms with Gasteiger partial charge in [0.05, 0.1) is 6.10 Å². The van der Waals surface area contributed by atoms with Gasteiger partial charge in [-0.05, 0) is 30.8 Å². The van der Waals surface area contributed by atoms with Crippen molar-refractivity contribution in [2.24, 2.45) is 22.7 Å². The Kier molecular flexibility index (Phi) is 4.64. The molecule has 0 saturated heterocycles. The largest absolute Gasteiger partial charge is 0.392 e. The van der Waals surface area contributed by atoms with E-state index >= 15 is 0 Å². The molecule has 1 aliphatic rings. The first-order valence-electron chi connectivity index (χ1n) is 5.46. The van der Waals surface area contributed by atoms with E-state index in [9.17, 15) is 9.90 Å². The van der Waals surface area contributed by atoms with Gasteiger partial charge < -0.3 is 5.11 Å². The number of aliphatic hydroxyl groups excluding tert-OH is 1. The molecule has 1 aliphatic carbocycles. The molecule has 0 aliphatic heterocycles. The minimum atomic E-state index is -0.611. The van der Waals surface area contributed by atoms with E-state index in [0.29, 0.717) is 11.5 Å². The van der Waals surface area contributed by atoms with Crippen LogP contribution in [0.15, 0.2) is 17.1 Å². The van der Waals surface area contributed by atoms with Gasteiger partial charge in [-0.2, -0.15) is 0 Å². The lowest BCUT2D eigenvalue weighted by Crippen LogP contribution is -2.30. The Morgan fingerprint density at radius 2 is 2.31 bits per heavy atom. The van der Waals surface area contributed by atoms with Crippen molar-refractivity contribution in [3.05, 3.63) is 12.2 Å². The van der Waals surface area contributed by atoms with Gasteiger partial charge in [0.25, 0.3) is 0 Å². The zero-order valence-corrected chi connectivity index (χ0v) is 9.52. The number of hydrogen-bond donors (Lipinski definition) is 3. The van der Waals surface area contributed by atoms with Crippen LogP contribution >= 0.6 is 0 Å². The molecule has 5 heteroatoms. The van der Waals surface area contributed by atoms with Gasteiger partial charge in [-0.3, -0.25) is 5.43 Å². The summed E-state index contributed by atoms with van der Waals surface area (Å²) in [4.78, 5) is 14.4. The van der Waals surface area contributed by atoms with Crippen molar-refractivity contribution >= 4 is 12.2 Å². The number of nitrogens with zero attached hydrogens (tertiary/aromatic N) is 1. The van der Waals surface area contributed by atoms with Gasteiger partial charge in [0, 0.05) is 12.1 Å². The fourth-order valence-corrected chi connectivity index (χ4v) is 2.06. The molecule has 1 saturated carbocycles. The maximum absolute atomic E-state index is 10.8. The van der Waals surface area contributed by atoms with Crippen molar-refractivity contribution in [1.82, 2.24) is 5.43 Å². The quantitative estimate of drug-likeness (QED) is 0.283. The molecular formula is C11H19N3O2. The van der Waals surface area contributed by atoms with Gasteiger partial charge in [0.15, 0.2) is 0 Å². The lowest BCUT2D eigenvalue weighted by molar-refractivity contribution is 0.0682. The van der Waals surface area contributed by atoms with E-state index in [2.05, 4.69) is 18.5 Å². The van der Waals surface area contributed by atoms with Gasteiger partial charge in [0.1, 0.15) is 0 Å². The number of hydrogen-bond acceptors (Lipinski definition) is 3. The fraction of sp³-hybridized carbons (Fsp3) is 0.636. The summed E-state index contributed by atoms with van der Waals surface area (Å²) < 4.78 is 0. The van der Waals surface area contributed by atoms with Crippen molar-refractivity contribution in [2.75, 3.05) is 0 Å². The van der Waals surface area contributed by atoms with Crippen LogP contribution in [0.2, 0.25) is 0 Å². The maximum Gasteiger partial charge on any atom is 0.354 e. The number of nitrogens with one attached hydrogen (secondary N) is 1. The summed E-state index contributed by atoms with van der Waals surface area (Å²) >= 11 is 0. The van der Waals surface area contributed by atoms with Crippen molar-refractivity contribution in [2.45, 2.75) is 32.3 Å². The number of rotatable bonds is 2. The fourth-order valence-electron chi connectivity index (χ4n) is 2.06. The Labute approximate surface area is 95.4 Å². The van der Waals surface area contributed by atoms with E-state index in [1.807, 2.05) is 5.43 Å². The van der Waals surface area contributed by atoms with Crippen molar-refractivity contribution < 1.29 is 9.90 Å². The predicted molar refractivity (Wildman–Crippen MR) is 62.9 cm³/mol. The van der Waals surface area contributed by atoms with Crippen LogP contribution in [-0.4, -0.2) is 23.5 Å². The molecular weight excluding hydrogens is 206 g/mol. The lowest BCUT2D eigenvalue weighted by Gasteiger charge is -2.31. The highest BCUT2D eigenvalue weighted by Gasteiger charge is 2.28. The van der Waals surface area contributed by atoms with Crippen LogP contribution in [-0.2, 0) is 0 Å². The van der Waals surface area contributed by atoms with Gasteiger partial charge >= 0.3 is 6.03 Å². The zero-order chi connectivity index (χ0) is 12.1. The Balaban J connectivity index is 2.54. The monoisotopic (exact) mass is 225 g/mol. The normalized spacial score (nSPS) is 30.3. The SMILES string of the molecule is C=C(/C=N/C(=O)NN)C1CCC(C)CC1O.